The highest BCUT2D eigenvalue weighted by molar-refractivity contribution is 7.99. The first-order valence-electron chi connectivity index (χ1n) is 11.7. The average Bonchev–Trinajstić information content (AvgIpc) is 2.82. The maximum Gasteiger partial charge on any atom is 0.257 e. The molecule has 2 heterocycles. The van der Waals surface area contributed by atoms with Crippen LogP contribution in [0.25, 0.3) is 0 Å². The highest BCUT2D eigenvalue weighted by atomic mass is 32.2. The fourth-order valence-electron chi connectivity index (χ4n) is 4.38. The molecule has 1 aliphatic heterocycles. The Kier molecular flexibility index (Phi) is 7.92. The van der Waals surface area contributed by atoms with Gasteiger partial charge >= 0.3 is 0 Å². The number of hydrogen-bond acceptors (Lipinski definition) is 6. The van der Waals surface area contributed by atoms with E-state index >= 15 is 0 Å². The van der Waals surface area contributed by atoms with Crippen LogP contribution in [0.4, 0.5) is 4.39 Å². The van der Waals surface area contributed by atoms with Crippen LogP contribution in [0, 0.1) is 12.7 Å². The molecular formula is C25H30FN3O4S. The SMILES string of the molecule is Cc1ccc(C(=O)N[C@H]2CC[C@@H](NC(=O)c3cc(F)cnc3OC3CCSCC3)CC2)c(O)c1. The van der Waals surface area contributed by atoms with Crippen LogP contribution in [0.15, 0.2) is 30.5 Å². The summed E-state index contributed by atoms with van der Waals surface area (Å²) in [5.74, 6) is 0.847. The fraction of sp³-hybridized carbons (Fsp3) is 0.480. The lowest BCUT2D eigenvalue weighted by Gasteiger charge is -2.30. The molecule has 1 aromatic heterocycles. The van der Waals surface area contributed by atoms with Crippen LogP contribution in [0.5, 0.6) is 11.6 Å². The van der Waals surface area contributed by atoms with Crippen molar-refractivity contribution in [3.8, 4) is 11.6 Å². The molecule has 2 fully saturated rings. The van der Waals surface area contributed by atoms with Crippen LogP contribution in [-0.2, 0) is 0 Å². The molecule has 0 atom stereocenters. The van der Waals surface area contributed by atoms with Crippen molar-refractivity contribution in [3.63, 3.8) is 0 Å². The van der Waals surface area contributed by atoms with E-state index in [4.69, 9.17) is 4.74 Å². The lowest BCUT2D eigenvalue weighted by atomic mass is 9.90. The topological polar surface area (TPSA) is 101 Å². The predicted molar refractivity (Wildman–Crippen MR) is 129 cm³/mol. The first-order chi connectivity index (χ1) is 16.4. The number of hydrogen-bond donors (Lipinski definition) is 3. The van der Waals surface area contributed by atoms with E-state index in [0.29, 0.717) is 25.7 Å². The third kappa shape index (κ3) is 6.20. The Balaban J connectivity index is 1.31. The van der Waals surface area contributed by atoms with Crippen LogP contribution in [0.2, 0.25) is 0 Å². The molecule has 9 heteroatoms. The van der Waals surface area contributed by atoms with Gasteiger partial charge in [-0.25, -0.2) is 9.37 Å². The molecule has 0 spiro atoms. The largest absolute Gasteiger partial charge is 0.507 e. The minimum atomic E-state index is -0.581. The second kappa shape index (κ2) is 11.1. The Morgan fingerprint density at radius 3 is 2.24 bits per heavy atom. The highest BCUT2D eigenvalue weighted by Gasteiger charge is 2.27. The van der Waals surface area contributed by atoms with E-state index in [1.807, 2.05) is 18.7 Å². The minimum Gasteiger partial charge on any atom is -0.507 e. The summed E-state index contributed by atoms with van der Waals surface area (Å²) in [7, 11) is 0. The molecular weight excluding hydrogens is 457 g/mol. The van der Waals surface area contributed by atoms with E-state index in [0.717, 1.165) is 36.1 Å². The zero-order valence-electron chi connectivity index (χ0n) is 19.2. The molecule has 1 saturated heterocycles. The van der Waals surface area contributed by atoms with Gasteiger partial charge in [-0.15, -0.1) is 0 Å². The van der Waals surface area contributed by atoms with Crippen molar-refractivity contribution in [2.75, 3.05) is 11.5 Å². The van der Waals surface area contributed by atoms with Gasteiger partial charge in [-0.3, -0.25) is 9.59 Å². The van der Waals surface area contributed by atoms with Gasteiger partial charge in [0.05, 0.1) is 11.8 Å². The number of ether oxygens (including phenoxy) is 1. The van der Waals surface area contributed by atoms with Gasteiger partial charge in [-0.1, -0.05) is 6.07 Å². The number of aromatic nitrogens is 1. The second-order valence-electron chi connectivity index (χ2n) is 8.95. The third-order valence-corrected chi connectivity index (χ3v) is 7.35. The van der Waals surface area contributed by atoms with Crippen LogP contribution in [-0.4, -0.2) is 51.6 Å². The fourth-order valence-corrected chi connectivity index (χ4v) is 5.44. The Bertz CT molecular complexity index is 1040. The number of aryl methyl sites for hydroxylation is 1. The molecule has 7 nitrogen and oxygen atoms in total. The lowest BCUT2D eigenvalue weighted by Crippen LogP contribution is -2.44. The molecule has 0 unspecified atom stereocenters. The number of halogens is 1. The molecule has 1 aromatic carbocycles. The van der Waals surface area contributed by atoms with Crippen molar-refractivity contribution in [1.29, 1.82) is 0 Å². The van der Waals surface area contributed by atoms with Gasteiger partial charge in [0.25, 0.3) is 11.8 Å². The van der Waals surface area contributed by atoms with Crippen molar-refractivity contribution >= 4 is 23.6 Å². The number of pyridine rings is 1. The minimum absolute atomic E-state index is 0.0159. The van der Waals surface area contributed by atoms with Crippen LogP contribution < -0.4 is 15.4 Å². The molecule has 1 saturated carbocycles. The van der Waals surface area contributed by atoms with E-state index in [-0.39, 0.29) is 46.9 Å². The van der Waals surface area contributed by atoms with Gasteiger partial charge in [0.2, 0.25) is 5.88 Å². The molecule has 0 radical (unpaired) electrons. The number of nitrogens with zero attached hydrogens (tertiary/aromatic N) is 1. The van der Waals surface area contributed by atoms with Gasteiger partial charge in [0.1, 0.15) is 23.2 Å². The number of rotatable bonds is 6. The van der Waals surface area contributed by atoms with Gasteiger partial charge in [-0.2, -0.15) is 11.8 Å². The monoisotopic (exact) mass is 487 g/mol. The number of amides is 2. The summed E-state index contributed by atoms with van der Waals surface area (Å²) in [5, 5.41) is 16.0. The molecule has 0 bridgehead atoms. The zero-order chi connectivity index (χ0) is 24.1. The standard InChI is InChI=1S/C25H30FN3O4S/c1-15-2-7-20(22(30)12-15)23(31)28-17-3-5-18(6-4-17)29-24(32)21-13-16(26)14-27-25(21)33-19-8-10-34-11-9-19/h2,7,12-14,17-19,30H,3-6,8-11H2,1H3,(H,28,31)(H,29,32)/t17-,18+. The van der Waals surface area contributed by atoms with E-state index in [1.54, 1.807) is 18.2 Å². The lowest BCUT2D eigenvalue weighted by molar-refractivity contribution is 0.0884. The number of benzene rings is 1. The predicted octanol–water partition coefficient (Wildman–Crippen LogP) is 3.98. The molecule has 34 heavy (non-hydrogen) atoms. The summed E-state index contributed by atoms with van der Waals surface area (Å²) in [6.45, 7) is 1.85. The molecule has 3 N–H and O–H groups in total. The maximum absolute atomic E-state index is 13.9. The smallest absolute Gasteiger partial charge is 0.257 e. The summed E-state index contributed by atoms with van der Waals surface area (Å²) < 4.78 is 19.8. The van der Waals surface area contributed by atoms with Gasteiger partial charge in [0.15, 0.2) is 0 Å². The van der Waals surface area contributed by atoms with Crippen molar-refractivity contribution in [3.05, 3.63) is 53.0 Å². The molecule has 4 rings (SSSR count). The molecule has 2 aliphatic rings. The zero-order valence-corrected chi connectivity index (χ0v) is 20.0. The average molecular weight is 488 g/mol. The van der Waals surface area contributed by atoms with Crippen molar-refractivity contribution in [2.24, 2.45) is 0 Å². The summed E-state index contributed by atoms with van der Waals surface area (Å²) in [6.07, 6.45) is 5.54. The van der Waals surface area contributed by atoms with Crippen LogP contribution in [0.3, 0.4) is 0 Å². The first kappa shape index (κ1) is 24.3. The third-order valence-electron chi connectivity index (χ3n) is 6.30. The number of thioether (sulfide) groups is 1. The first-order valence-corrected chi connectivity index (χ1v) is 12.9. The normalized spacial score (nSPS) is 21.0. The number of nitrogens with one attached hydrogen (secondary N) is 2. The summed E-state index contributed by atoms with van der Waals surface area (Å²) in [5.41, 5.74) is 1.25. The van der Waals surface area contributed by atoms with E-state index in [9.17, 15) is 19.1 Å². The summed E-state index contributed by atoms with van der Waals surface area (Å²) in [6, 6.07) is 6.01. The molecule has 1 aliphatic carbocycles. The molecule has 182 valence electrons. The quantitative estimate of drug-likeness (QED) is 0.570. The Hall–Kier alpha value is -2.81. The van der Waals surface area contributed by atoms with Crippen molar-refractivity contribution < 1.29 is 23.8 Å². The van der Waals surface area contributed by atoms with Crippen molar-refractivity contribution in [1.82, 2.24) is 15.6 Å². The summed E-state index contributed by atoms with van der Waals surface area (Å²) in [4.78, 5) is 29.5. The van der Waals surface area contributed by atoms with Crippen molar-refractivity contribution in [2.45, 2.75) is 63.6 Å². The summed E-state index contributed by atoms with van der Waals surface area (Å²) >= 11 is 1.87. The van der Waals surface area contributed by atoms with Crippen LogP contribution in [0.1, 0.15) is 64.8 Å². The Morgan fingerprint density at radius 1 is 1.00 bits per heavy atom. The molecule has 2 aromatic rings. The Morgan fingerprint density at radius 2 is 1.62 bits per heavy atom. The van der Waals surface area contributed by atoms with E-state index in [2.05, 4.69) is 15.6 Å². The number of phenolic OH excluding ortho intramolecular Hbond substituents is 1. The second-order valence-corrected chi connectivity index (χ2v) is 10.2. The van der Waals surface area contributed by atoms with Gasteiger partial charge in [0, 0.05) is 12.1 Å². The van der Waals surface area contributed by atoms with E-state index in [1.165, 1.54) is 6.07 Å². The highest BCUT2D eigenvalue weighted by Crippen LogP contribution is 2.26. The number of aromatic hydroxyl groups is 1. The molecule has 2 amide bonds. The Labute approximate surface area is 202 Å². The van der Waals surface area contributed by atoms with Crippen LogP contribution >= 0.6 is 11.8 Å². The number of phenols is 1. The van der Waals surface area contributed by atoms with Gasteiger partial charge < -0.3 is 20.5 Å². The number of carbonyl (C=O) groups is 2. The van der Waals surface area contributed by atoms with E-state index < -0.39 is 11.7 Å². The van der Waals surface area contributed by atoms with Gasteiger partial charge in [-0.05, 0) is 80.7 Å². The maximum atomic E-state index is 13.9. The number of carbonyl (C=O) groups excluding carboxylic acids is 2.